The zero-order chi connectivity index (χ0) is 27.0. The molecule has 1 heterocycles. The number of fused-ring (bicyclic) bond motifs is 2. The normalized spacial score (nSPS) is 16.1. The summed E-state index contributed by atoms with van der Waals surface area (Å²) in [7, 11) is 0. The maximum absolute atomic E-state index is 13.7. The maximum Gasteiger partial charge on any atom is 0.336 e. The van der Waals surface area contributed by atoms with E-state index < -0.39 is 16.8 Å². The van der Waals surface area contributed by atoms with Crippen molar-refractivity contribution in [3.63, 3.8) is 0 Å². The van der Waals surface area contributed by atoms with Crippen molar-refractivity contribution in [1.29, 1.82) is 0 Å². The van der Waals surface area contributed by atoms with Gasteiger partial charge in [-0.2, -0.15) is 0 Å². The number of hydrogen-bond donors (Lipinski definition) is 1. The number of hydrogen-bond acceptors (Lipinski definition) is 7. The summed E-state index contributed by atoms with van der Waals surface area (Å²) < 4.78 is 12.4. The van der Waals surface area contributed by atoms with Crippen molar-refractivity contribution in [3.05, 3.63) is 120 Å². The highest BCUT2D eigenvalue weighted by molar-refractivity contribution is 9.10. The minimum Gasteiger partial charge on any atom is -0.489 e. The average Bonchev–Trinajstić information content (AvgIpc) is 3.19. The van der Waals surface area contributed by atoms with Gasteiger partial charge in [-0.1, -0.05) is 40.2 Å². The molecule has 0 radical (unpaired) electrons. The van der Waals surface area contributed by atoms with Crippen LogP contribution in [0.3, 0.4) is 0 Å². The Bertz CT molecular complexity index is 1540. The molecule has 5 rings (SSSR count). The van der Waals surface area contributed by atoms with Gasteiger partial charge in [0.15, 0.2) is 5.78 Å². The standard InChI is InChI=1S/C29H23BrN2O6/c1-3-37-29(34)24-16(2)31-27-20-6-4-5-7-21(20)28(33)26(27)25(24)22-14-18(30)10-13-23(22)38-15-17-8-11-19(12-9-17)32(35)36/h4-14,25,31H,3,15H2,1-2H3/t25-/m1/s1. The number of nitro groups is 1. The first kappa shape index (κ1) is 25.4. The zero-order valence-corrected chi connectivity index (χ0v) is 22.2. The molecule has 1 aliphatic carbocycles. The van der Waals surface area contributed by atoms with E-state index in [0.717, 1.165) is 15.6 Å². The summed E-state index contributed by atoms with van der Waals surface area (Å²) in [5, 5.41) is 14.3. The van der Waals surface area contributed by atoms with Gasteiger partial charge in [-0.3, -0.25) is 14.9 Å². The van der Waals surface area contributed by atoms with Crippen LogP contribution in [0.5, 0.6) is 5.75 Å². The highest BCUT2D eigenvalue weighted by Gasteiger charge is 2.44. The Labute approximate surface area is 227 Å². The van der Waals surface area contributed by atoms with Crippen molar-refractivity contribution in [2.24, 2.45) is 0 Å². The van der Waals surface area contributed by atoms with Gasteiger partial charge in [0.1, 0.15) is 12.4 Å². The molecule has 0 spiro atoms. The molecule has 3 aromatic rings. The zero-order valence-electron chi connectivity index (χ0n) is 20.6. The molecule has 1 atom stereocenters. The van der Waals surface area contributed by atoms with Gasteiger partial charge in [-0.25, -0.2) is 4.79 Å². The molecule has 0 saturated heterocycles. The van der Waals surface area contributed by atoms with Crippen LogP contribution in [0.1, 0.15) is 46.8 Å². The van der Waals surface area contributed by atoms with E-state index in [-0.39, 0.29) is 24.7 Å². The van der Waals surface area contributed by atoms with Crippen LogP contribution < -0.4 is 10.1 Å². The summed E-state index contributed by atoms with van der Waals surface area (Å²) in [5.41, 5.74) is 4.75. The first-order valence-corrected chi connectivity index (χ1v) is 12.8. The Kier molecular flexibility index (Phi) is 6.86. The van der Waals surface area contributed by atoms with Gasteiger partial charge < -0.3 is 14.8 Å². The van der Waals surface area contributed by atoms with Gasteiger partial charge in [-0.05, 0) is 49.7 Å². The van der Waals surface area contributed by atoms with Gasteiger partial charge >= 0.3 is 5.97 Å². The fraction of sp³-hybridized carbons (Fsp3) is 0.172. The second-order valence-electron chi connectivity index (χ2n) is 8.87. The van der Waals surface area contributed by atoms with E-state index in [1.54, 1.807) is 38.1 Å². The van der Waals surface area contributed by atoms with Gasteiger partial charge in [0, 0.05) is 44.6 Å². The summed E-state index contributed by atoms with van der Waals surface area (Å²) in [6.45, 7) is 3.85. The largest absolute Gasteiger partial charge is 0.489 e. The van der Waals surface area contributed by atoms with Crippen molar-refractivity contribution in [1.82, 2.24) is 5.32 Å². The Morgan fingerprint density at radius 3 is 2.47 bits per heavy atom. The molecule has 8 nitrogen and oxygen atoms in total. The third-order valence-electron chi connectivity index (χ3n) is 6.57. The quantitative estimate of drug-likeness (QED) is 0.207. The second-order valence-corrected chi connectivity index (χ2v) is 9.79. The van der Waals surface area contributed by atoms with Crippen molar-refractivity contribution in [2.45, 2.75) is 26.4 Å². The Balaban J connectivity index is 1.60. The van der Waals surface area contributed by atoms with E-state index >= 15 is 0 Å². The smallest absolute Gasteiger partial charge is 0.336 e. The molecule has 3 aromatic carbocycles. The third kappa shape index (κ3) is 4.50. The van der Waals surface area contributed by atoms with Crippen LogP contribution in [0.2, 0.25) is 0 Å². The van der Waals surface area contributed by atoms with Crippen LogP contribution in [-0.2, 0) is 16.1 Å². The lowest BCUT2D eigenvalue weighted by Gasteiger charge is -2.30. The van der Waals surface area contributed by atoms with Crippen LogP contribution in [0.15, 0.2) is 88.0 Å². The van der Waals surface area contributed by atoms with E-state index in [9.17, 15) is 19.7 Å². The number of non-ortho nitro benzene ring substituents is 1. The highest BCUT2D eigenvalue weighted by Crippen LogP contribution is 2.49. The number of Topliss-reactive ketones (excluding diaryl/α,β-unsaturated/α-hetero) is 1. The number of esters is 1. The number of rotatable bonds is 7. The lowest BCUT2D eigenvalue weighted by atomic mass is 9.79. The van der Waals surface area contributed by atoms with Gasteiger partial charge in [0.25, 0.3) is 5.69 Å². The van der Waals surface area contributed by atoms with Crippen LogP contribution in [-0.4, -0.2) is 23.3 Å². The fourth-order valence-electron chi connectivity index (χ4n) is 4.87. The number of nitro benzene ring substituents is 1. The van der Waals surface area contributed by atoms with E-state index in [1.165, 1.54) is 12.1 Å². The first-order valence-electron chi connectivity index (χ1n) is 12.0. The summed E-state index contributed by atoms with van der Waals surface area (Å²) in [6, 6.07) is 18.9. The Hall–Kier alpha value is -4.24. The van der Waals surface area contributed by atoms with Gasteiger partial charge in [-0.15, -0.1) is 0 Å². The van der Waals surface area contributed by atoms with Crippen molar-refractivity contribution in [2.75, 3.05) is 6.61 Å². The van der Waals surface area contributed by atoms with Crippen molar-refractivity contribution < 1.29 is 24.0 Å². The molecule has 0 bridgehead atoms. The topological polar surface area (TPSA) is 108 Å². The molecule has 192 valence electrons. The SMILES string of the molecule is CCOC(=O)C1=C(C)NC2=C(C(=O)c3ccccc32)[C@@H]1c1cc(Br)ccc1OCc1ccc([N+](=O)[O-])cc1. The van der Waals surface area contributed by atoms with Crippen LogP contribution in [0.25, 0.3) is 5.70 Å². The summed E-state index contributed by atoms with van der Waals surface area (Å²) in [5.74, 6) is -0.944. The summed E-state index contributed by atoms with van der Waals surface area (Å²) in [6.07, 6.45) is 0. The number of ketones is 1. The monoisotopic (exact) mass is 574 g/mol. The molecular weight excluding hydrogens is 552 g/mol. The maximum atomic E-state index is 13.7. The van der Waals surface area contributed by atoms with E-state index in [0.29, 0.717) is 39.4 Å². The molecule has 1 N–H and O–H groups in total. The van der Waals surface area contributed by atoms with Gasteiger partial charge in [0.2, 0.25) is 0 Å². The van der Waals surface area contributed by atoms with Crippen molar-refractivity contribution >= 4 is 39.1 Å². The molecule has 0 amide bonds. The van der Waals surface area contributed by atoms with Crippen LogP contribution >= 0.6 is 15.9 Å². The first-order chi connectivity index (χ1) is 18.3. The number of carbonyl (C=O) groups excluding carboxylic acids is 2. The average molecular weight is 575 g/mol. The molecular formula is C29H23BrN2O6. The third-order valence-corrected chi connectivity index (χ3v) is 7.06. The Morgan fingerprint density at radius 1 is 1.08 bits per heavy atom. The molecule has 1 aliphatic heterocycles. The van der Waals surface area contributed by atoms with Crippen molar-refractivity contribution in [3.8, 4) is 5.75 Å². The number of carbonyl (C=O) groups is 2. The molecule has 2 aliphatic rings. The summed E-state index contributed by atoms with van der Waals surface area (Å²) in [4.78, 5) is 37.5. The number of dihydropyridines is 1. The lowest BCUT2D eigenvalue weighted by molar-refractivity contribution is -0.384. The molecule has 0 fully saturated rings. The van der Waals surface area contributed by atoms with E-state index in [4.69, 9.17) is 9.47 Å². The number of allylic oxidation sites excluding steroid dienone is 2. The fourth-order valence-corrected chi connectivity index (χ4v) is 5.25. The van der Waals surface area contributed by atoms with E-state index in [1.807, 2.05) is 30.3 Å². The second kappa shape index (κ2) is 10.3. The number of nitrogens with zero attached hydrogens (tertiary/aromatic N) is 1. The summed E-state index contributed by atoms with van der Waals surface area (Å²) >= 11 is 3.53. The minimum atomic E-state index is -0.741. The molecule has 38 heavy (non-hydrogen) atoms. The molecule has 0 saturated carbocycles. The number of benzene rings is 3. The predicted molar refractivity (Wildman–Crippen MR) is 144 cm³/mol. The molecule has 0 unspecified atom stereocenters. The minimum absolute atomic E-state index is 0.00810. The number of nitrogens with one attached hydrogen (secondary N) is 1. The molecule has 9 heteroatoms. The molecule has 0 aromatic heterocycles. The van der Waals surface area contributed by atoms with Crippen LogP contribution in [0.4, 0.5) is 5.69 Å². The highest BCUT2D eigenvalue weighted by atomic mass is 79.9. The Morgan fingerprint density at radius 2 is 1.79 bits per heavy atom. The predicted octanol–water partition coefficient (Wildman–Crippen LogP) is 6.07. The lowest BCUT2D eigenvalue weighted by Crippen LogP contribution is -2.29. The number of ether oxygens (including phenoxy) is 2. The van der Waals surface area contributed by atoms with Crippen LogP contribution in [0, 0.1) is 10.1 Å². The number of halogens is 1. The van der Waals surface area contributed by atoms with E-state index in [2.05, 4.69) is 21.2 Å². The van der Waals surface area contributed by atoms with Gasteiger partial charge in [0.05, 0.1) is 28.7 Å².